The Morgan fingerprint density at radius 2 is 2.00 bits per heavy atom. The van der Waals surface area contributed by atoms with Gasteiger partial charge in [-0.05, 0) is 0 Å². The van der Waals surface area contributed by atoms with Gasteiger partial charge in [-0.1, -0.05) is 19.8 Å². The third-order valence-corrected chi connectivity index (χ3v) is 1.89. The summed E-state index contributed by atoms with van der Waals surface area (Å²) < 4.78 is 1.51. The number of hydrogen-bond acceptors (Lipinski definition) is 0. The van der Waals surface area contributed by atoms with Crippen LogP contribution in [0, 0.1) is 12.2 Å². The first kappa shape index (κ1) is 16.7. The van der Waals surface area contributed by atoms with Crippen LogP contribution in [0.2, 0.25) is 0 Å². The maximum absolute atomic E-state index is 3.14. The number of hydrogen-bond donors (Lipinski definition) is 0. The zero-order valence-corrected chi connectivity index (χ0v) is 13.7. The van der Waals surface area contributed by atoms with Gasteiger partial charge < -0.3 is 0 Å². The van der Waals surface area contributed by atoms with E-state index in [-0.39, 0.29) is 0 Å². The summed E-state index contributed by atoms with van der Waals surface area (Å²) in [4.78, 5) is 0. The Bertz CT molecular complexity index is 302. The predicted molar refractivity (Wildman–Crippen MR) is 73.3 cm³/mol. The standard InChI is InChI=1S/C8H11.C5H5.C3H6.Zr/c1-2-5-8-6-3-4-7-8;1-2-4-5-3-1;1-3-2;/h6-7H,2-3,5H2,1H3;1-3H,4H2;1-2H3;/q2*-1;;+2. The van der Waals surface area contributed by atoms with Crippen LogP contribution in [0.3, 0.4) is 0 Å². The van der Waals surface area contributed by atoms with Crippen molar-refractivity contribution < 1.29 is 24.2 Å². The van der Waals surface area contributed by atoms with Crippen molar-refractivity contribution >= 4 is 3.21 Å². The molecular formula is C16H22Zr. The Balaban J connectivity index is 0.000000246. The minimum atomic E-state index is 1.01. The van der Waals surface area contributed by atoms with Gasteiger partial charge in [0.15, 0.2) is 0 Å². The van der Waals surface area contributed by atoms with Crippen molar-refractivity contribution in [1.82, 2.24) is 0 Å². The first-order chi connectivity index (χ1) is 8.16. The summed E-state index contributed by atoms with van der Waals surface area (Å²) in [5, 5.41) is 0. The molecule has 0 bridgehead atoms. The molecule has 0 saturated carbocycles. The molecule has 17 heavy (non-hydrogen) atoms. The van der Waals surface area contributed by atoms with E-state index in [1.807, 2.05) is 12.2 Å². The van der Waals surface area contributed by atoms with Crippen LogP contribution in [0.25, 0.3) is 0 Å². The summed E-state index contributed by atoms with van der Waals surface area (Å²) in [7, 11) is 0. The molecule has 2 aliphatic carbocycles. The van der Waals surface area contributed by atoms with Gasteiger partial charge in [0.1, 0.15) is 0 Å². The van der Waals surface area contributed by atoms with Crippen molar-refractivity contribution in [3.8, 4) is 0 Å². The largest absolute Gasteiger partial charge is 0.273 e. The van der Waals surface area contributed by atoms with E-state index >= 15 is 0 Å². The van der Waals surface area contributed by atoms with Crippen LogP contribution < -0.4 is 0 Å². The van der Waals surface area contributed by atoms with Gasteiger partial charge in [-0.3, -0.25) is 12.2 Å². The zero-order valence-electron chi connectivity index (χ0n) is 11.2. The molecule has 0 atom stereocenters. The van der Waals surface area contributed by atoms with Crippen LogP contribution in [-0.4, -0.2) is 3.21 Å². The molecule has 0 heterocycles. The van der Waals surface area contributed by atoms with E-state index in [1.165, 1.54) is 21.6 Å². The van der Waals surface area contributed by atoms with Crippen molar-refractivity contribution in [2.24, 2.45) is 0 Å². The molecule has 1 heteroatoms. The van der Waals surface area contributed by atoms with Crippen LogP contribution >= 0.6 is 0 Å². The van der Waals surface area contributed by atoms with Gasteiger partial charge in [0, 0.05) is 0 Å². The van der Waals surface area contributed by atoms with E-state index in [1.54, 1.807) is 24.2 Å². The van der Waals surface area contributed by atoms with Gasteiger partial charge in [0.2, 0.25) is 0 Å². The molecule has 0 saturated heterocycles. The van der Waals surface area contributed by atoms with Crippen LogP contribution in [0.15, 0.2) is 36.0 Å². The van der Waals surface area contributed by atoms with Gasteiger partial charge in [-0.15, -0.1) is 12.8 Å². The quantitative estimate of drug-likeness (QED) is 0.658. The first-order valence-corrected chi connectivity index (χ1v) is 7.38. The van der Waals surface area contributed by atoms with E-state index in [2.05, 4.69) is 51.2 Å². The first-order valence-electron chi connectivity index (χ1n) is 6.16. The Labute approximate surface area is 122 Å². The molecule has 0 unspecified atom stereocenters. The Morgan fingerprint density at radius 3 is 2.29 bits per heavy atom. The maximum atomic E-state index is 3.14. The zero-order chi connectivity index (χ0) is 12.9. The fourth-order valence-corrected chi connectivity index (χ4v) is 1.24. The minimum Gasteiger partial charge on any atom is -0.273 e. The SMILES string of the molecule is CCCC1=CC[C-]=C1.C[C](C)=[Zr+2].[C-]1=CC=CC1. The van der Waals surface area contributed by atoms with Crippen LogP contribution in [0.4, 0.5) is 0 Å². The van der Waals surface area contributed by atoms with Crippen molar-refractivity contribution in [1.29, 1.82) is 0 Å². The van der Waals surface area contributed by atoms with E-state index in [0.29, 0.717) is 0 Å². The summed E-state index contributed by atoms with van der Waals surface area (Å²) in [5.74, 6) is 0. The van der Waals surface area contributed by atoms with E-state index in [4.69, 9.17) is 0 Å². The molecule has 0 spiro atoms. The van der Waals surface area contributed by atoms with Crippen LogP contribution in [0.5, 0.6) is 0 Å². The monoisotopic (exact) mass is 304 g/mol. The molecule has 2 aliphatic rings. The number of allylic oxidation sites excluding steroid dienone is 8. The van der Waals surface area contributed by atoms with Crippen molar-refractivity contribution in [3.63, 3.8) is 0 Å². The molecule has 0 amide bonds. The van der Waals surface area contributed by atoms with Gasteiger partial charge in [-0.2, -0.15) is 12.2 Å². The third-order valence-electron chi connectivity index (χ3n) is 1.89. The van der Waals surface area contributed by atoms with Crippen LogP contribution in [0.1, 0.15) is 46.5 Å². The fraction of sp³-hybridized carbons (Fsp3) is 0.438. The summed E-state index contributed by atoms with van der Waals surface area (Å²) in [6.45, 7) is 6.45. The summed E-state index contributed by atoms with van der Waals surface area (Å²) in [5.41, 5.74) is 1.47. The minimum absolute atomic E-state index is 1.01. The fourth-order valence-electron chi connectivity index (χ4n) is 1.24. The summed E-state index contributed by atoms with van der Waals surface area (Å²) >= 11 is 1.55. The smallest absolute Gasteiger partial charge is 0.109 e. The molecule has 0 aromatic rings. The molecule has 0 aromatic heterocycles. The summed E-state index contributed by atoms with van der Waals surface area (Å²) in [6, 6.07) is 0. The molecule has 0 fully saturated rings. The van der Waals surface area contributed by atoms with E-state index in [0.717, 1.165) is 12.8 Å². The van der Waals surface area contributed by atoms with Gasteiger partial charge >= 0.3 is 41.3 Å². The van der Waals surface area contributed by atoms with Crippen molar-refractivity contribution in [2.45, 2.75) is 46.5 Å². The second-order valence-corrected chi connectivity index (χ2v) is 6.54. The molecule has 90 valence electrons. The van der Waals surface area contributed by atoms with Gasteiger partial charge in [-0.25, -0.2) is 23.8 Å². The molecule has 0 N–H and O–H groups in total. The molecule has 0 aliphatic heterocycles. The van der Waals surface area contributed by atoms with Crippen molar-refractivity contribution in [3.05, 3.63) is 48.1 Å². The Morgan fingerprint density at radius 1 is 1.29 bits per heavy atom. The van der Waals surface area contributed by atoms with E-state index < -0.39 is 0 Å². The van der Waals surface area contributed by atoms with Crippen molar-refractivity contribution in [2.75, 3.05) is 0 Å². The Hall–Kier alpha value is -0.287. The molecule has 0 nitrogen and oxygen atoms in total. The van der Waals surface area contributed by atoms with Gasteiger partial charge in [0.05, 0.1) is 0 Å². The molecule has 2 rings (SSSR count). The molecular weight excluding hydrogens is 283 g/mol. The topological polar surface area (TPSA) is 0 Å². The number of rotatable bonds is 2. The molecule has 0 aromatic carbocycles. The second kappa shape index (κ2) is 12.2. The normalized spacial score (nSPS) is 14.8. The van der Waals surface area contributed by atoms with Gasteiger partial charge in [0.25, 0.3) is 0 Å². The average Bonchev–Trinajstić information content (AvgIpc) is 2.92. The average molecular weight is 306 g/mol. The second-order valence-electron chi connectivity index (χ2n) is 4.08. The Kier molecular flexibility index (Phi) is 12.0. The maximum Gasteiger partial charge on any atom is -0.109 e. The van der Waals surface area contributed by atoms with E-state index in [9.17, 15) is 0 Å². The summed E-state index contributed by atoms with van der Waals surface area (Å²) in [6.07, 6.45) is 21.0. The third kappa shape index (κ3) is 13.6. The molecule has 0 radical (unpaired) electrons. The predicted octanol–water partition coefficient (Wildman–Crippen LogP) is 4.53. The van der Waals surface area contributed by atoms with Crippen LogP contribution in [-0.2, 0) is 24.2 Å².